The van der Waals surface area contributed by atoms with Crippen molar-refractivity contribution in [1.29, 1.82) is 0 Å². The van der Waals surface area contributed by atoms with Gasteiger partial charge < -0.3 is 0 Å². The molecule has 4 aromatic rings. The number of halogens is 4. The molecule has 1 aliphatic rings. The van der Waals surface area contributed by atoms with Gasteiger partial charge in [-0.25, -0.2) is 9.37 Å². The van der Waals surface area contributed by atoms with E-state index in [2.05, 4.69) is 0 Å². The van der Waals surface area contributed by atoms with Gasteiger partial charge in [0, 0.05) is 30.1 Å². The van der Waals surface area contributed by atoms with Crippen LogP contribution < -0.4 is 5.56 Å². The zero-order chi connectivity index (χ0) is 28.8. The normalized spacial score (nSPS) is 16.1. The Labute approximate surface area is 230 Å². The summed E-state index contributed by atoms with van der Waals surface area (Å²) in [6, 6.07) is 21.2. The Morgan fingerprint density at radius 3 is 2.02 bits per heavy atom. The van der Waals surface area contributed by atoms with E-state index >= 15 is 0 Å². The van der Waals surface area contributed by atoms with Crippen molar-refractivity contribution in [2.45, 2.75) is 57.9 Å². The lowest BCUT2D eigenvalue weighted by Gasteiger charge is -2.42. The summed E-state index contributed by atoms with van der Waals surface area (Å²) in [6.45, 7) is 8.21. The first-order valence-electron chi connectivity index (χ1n) is 13.2. The van der Waals surface area contributed by atoms with E-state index in [0.29, 0.717) is 29.7 Å². The molecular weight excluding hydrogens is 518 g/mol. The Balaban J connectivity index is 1.61. The molecule has 0 saturated carbocycles. The summed E-state index contributed by atoms with van der Waals surface area (Å²) in [4.78, 5) is 21.2. The van der Waals surface area contributed by atoms with E-state index in [0.717, 1.165) is 17.2 Å². The summed E-state index contributed by atoms with van der Waals surface area (Å²) in [6.07, 6.45) is -4.63. The quantitative estimate of drug-likeness (QED) is 0.247. The van der Waals surface area contributed by atoms with E-state index in [1.165, 1.54) is 6.07 Å². The van der Waals surface area contributed by atoms with Crippen LogP contribution in [0.3, 0.4) is 0 Å². The highest BCUT2D eigenvalue weighted by Crippen LogP contribution is 2.38. The second-order valence-corrected chi connectivity index (χ2v) is 11.1. The number of hydrogen-bond donors (Lipinski definition) is 0. The first-order chi connectivity index (χ1) is 18.9. The van der Waals surface area contributed by atoms with Crippen molar-refractivity contribution in [3.05, 3.63) is 134 Å². The topological polar surface area (TPSA) is 38.1 Å². The predicted octanol–water partition coefficient (Wildman–Crippen LogP) is 7.20. The van der Waals surface area contributed by atoms with Gasteiger partial charge in [0.1, 0.15) is 11.6 Å². The molecule has 0 radical (unpaired) electrons. The van der Waals surface area contributed by atoms with Crippen molar-refractivity contribution in [3.8, 4) is 0 Å². The van der Waals surface area contributed by atoms with Crippen LogP contribution >= 0.6 is 0 Å². The van der Waals surface area contributed by atoms with Crippen molar-refractivity contribution in [2.75, 3.05) is 6.54 Å². The maximum Gasteiger partial charge on any atom is 0.416 e. The van der Waals surface area contributed by atoms with Gasteiger partial charge >= 0.3 is 6.18 Å². The Hall–Kier alpha value is -3.78. The molecule has 1 unspecified atom stereocenters. The smallest absolute Gasteiger partial charge is 0.291 e. The number of hydrogen-bond acceptors (Lipinski definition) is 3. The minimum Gasteiger partial charge on any atom is -0.291 e. The molecule has 8 heteroatoms. The summed E-state index contributed by atoms with van der Waals surface area (Å²) in [5.41, 5.74) is 1.47. The molecule has 0 bridgehead atoms. The van der Waals surface area contributed by atoms with E-state index in [9.17, 15) is 22.4 Å². The van der Waals surface area contributed by atoms with Gasteiger partial charge in [-0.1, -0.05) is 80.6 Å². The molecule has 40 heavy (non-hydrogen) atoms. The van der Waals surface area contributed by atoms with Crippen LogP contribution in [0.15, 0.2) is 83.7 Å². The first-order valence-corrected chi connectivity index (χ1v) is 13.2. The highest BCUT2D eigenvalue weighted by molar-refractivity contribution is 5.37. The molecule has 2 heterocycles. The molecule has 1 atom stereocenters. The van der Waals surface area contributed by atoms with Crippen LogP contribution in [0, 0.1) is 12.7 Å². The van der Waals surface area contributed by atoms with E-state index in [-0.39, 0.29) is 17.7 Å². The van der Waals surface area contributed by atoms with Gasteiger partial charge in [0.2, 0.25) is 0 Å². The molecule has 0 aliphatic carbocycles. The molecule has 0 amide bonds. The molecule has 1 aliphatic heterocycles. The van der Waals surface area contributed by atoms with Crippen LogP contribution in [-0.2, 0) is 18.1 Å². The summed E-state index contributed by atoms with van der Waals surface area (Å²) >= 11 is 0. The number of fused-ring (bicyclic) bond motifs is 1. The zero-order valence-corrected chi connectivity index (χ0v) is 22.8. The molecule has 1 aromatic heterocycles. The summed E-state index contributed by atoms with van der Waals surface area (Å²) in [7, 11) is 0. The van der Waals surface area contributed by atoms with Crippen molar-refractivity contribution >= 4 is 0 Å². The van der Waals surface area contributed by atoms with Gasteiger partial charge in [-0.2, -0.15) is 13.2 Å². The maximum atomic E-state index is 14.9. The van der Waals surface area contributed by atoms with E-state index < -0.39 is 35.1 Å². The number of benzene rings is 3. The molecule has 0 N–H and O–H groups in total. The molecule has 0 fully saturated rings. The van der Waals surface area contributed by atoms with Crippen LogP contribution in [0.2, 0.25) is 0 Å². The van der Waals surface area contributed by atoms with Crippen LogP contribution in [0.1, 0.15) is 72.2 Å². The van der Waals surface area contributed by atoms with Gasteiger partial charge in [0.05, 0.1) is 22.9 Å². The average molecular weight is 550 g/mol. The zero-order valence-electron chi connectivity index (χ0n) is 22.8. The number of aryl methyl sites for hydroxylation is 1. The molecule has 208 valence electrons. The summed E-state index contributed by atoms with van der Waals surface area (Å²) in [5.74, 6) is -0.330. The molecule has 3 aromatic carbocycles. The minimum atomic E-state index is -4.63. The second kappa shape index (κ2) is 10.3. The van der Waals surface area contributed by atoms with Crippen LogP contribution in [0.25, 0.3) is 0 Å². The van der Waals surface area contributed by atoms with E-state index in [1.807, 2.05) is 86.3 Å². The standard InChI is InChI=1S/C32H31F4N3O/c1-20(25-16-15-24(17-27(25)33)32(34,35)36)38-18-26-29(31(3,4)19-38)37-21(2)39(30(26)40)28(22-11-7-5-8-12-22)23-13-9-6-10-14-23/h5-17,20,28H,18-19H2,1-4H3. The third-order valence-corrected chi connectivity index (χ3v) is 7.80. The maximum absolute atomic E-state index is 14.9. The lowest BCUT2D eigenvalue weighted by Crippen LogP contribution is -2.48. The number of aromatic nitrogens is 2. The number of rotatable bonds is 5. The van der Waals surface area contributed by atoms with Gasteiger partial charge in [0.15, 0.2) is 0 Å². The number of nitrogens with zero attached hydrogens (tertiary/aromatic N) is 3. The Kier molecular flexibility index (Phi) is 7.17. The molecular formula is C32H31F4N3O. The Bertz CT molecular complexity index is 1540. The lowest BCUT2D eigenvalue weighted by atomic mass is 9.81. The van der Waals surface area contributed by atoms with Crippen molar-refractivity contribution < 1.29 is 17.6 Å². The van der Waals surface area contributed by atoms with Crippen LogP contribution in [-0.4, -0.2) is 21.0 Å². The molecule has 4 nitrogen and oxygen atoms in total. The van der Waals surface area contributed by atoms with Gasteiger partial charge in [-0.15, -0.1) is 0 Å². The Morgan fingerprint density at radius 2 is 1.50 bits per heavy atom. The first kappa shape index (κ1) is 27.8. The lowest BCUT2D eigenvalue weighted by molar-refractivity contribution is -0.137. The fraction of sp³-hybridized carbons (Fsp3) is 0.312. The molecule has 0 spiro atoms. The van der Waals surface area contributed by atoms with Crippen LogP contribution in [0.4, 0.5) is 17.6 Å². The van der Waals surface area contributed by atoms with Crippen molar-refractivity contribution in [3.63, 3.8) is 0 Å². The third-order valence-electron chi connectivity index (χ3n) is 7.80. The van der Waals surface area contributed by atoms with Crippen molar-refractivity contribution in [1.82, 2.24) is 14.5 Å². The SMILES string of the molecule is Cc1nc2c(c(=O)n1C(c1ccccc1)c1ccccc1)CN(C(C)c1ccc(C(F)(F)F)cc1F)CC2(C)C. The third kappa shape index (κ3) is 5.08. The van der Waals surface area contributed by atoms with Crippen molar-refractivity contribution in [2.24, 2.45) is 0 Å². The average Bonchev–Trinajstić information content (AvgIpc) is 2.91. The van der Waals surface area contributed by atoms with Gasteiger partial charge in [-0.3, -0.25) is 14.3 Å². The predicted molar refractivity (Wildman–Crippen MR) is 147 cm³/mol. The minimum absolute atomic E-state index is 0.152. The highest BCUT2D eigenvalue weighted by Gasteiger charge is 2.39. The number of alkyl halides is 3. The molecule has 0 saturated heterocycles. The summed E-state index contributed by atoms with van der Waals surface area (Å²) in [5, 5.41) is 0. The van der Waals surface area contributed by atoms with E-state index in [4.69, 9.17) is 4.98 Å². The summed E-state index contributed by atoms with van der Waals surface area (Å²) < 4.78 is 56.0. The van der Waals surface area contributed by atoms with Gasteiger partial charge in [-0.05, 0) is 37.1 Å². The van der Waals surface area contributed by atoms with E-state index in [1.54, 1.807) is 11.5 Å². The van der Waals surface area contributed by atoms with Gasteiger partial charge in [0.25, 0.3) is 5.56 Å². The fourth-order valence-corrected chi connectivity index (χ4v) is 5.80. The monoisotopic (exact) mass is 549 g/mol. The second-order valence-electron chi connectivity index (χ2n) is 11.1. The fourth-order valence-electron chi connectivity index (χ4n) is 5.80. The highest BCUT2D eigenvalue weighted by atomic mass is 19.4. The Morgan fingerprint density at radius 1 is 0.925 bits per heavy atom. The van der Waals surface area contributed by atoms with Crippen LogP contribution in [0.5, 0.6) is 0 Å². The largest absolute Gasteiger partial charge is 0.416 e. The molecule has 5 rings (SSSR count).